The topological polar surface area (TPSA) is 106 Å². The van der Waals surface area contributed by atoms with E-state index in [0.29, 0.717) is 34.9 Å². The van der Waals surface area contributed by atoms with Crippen LogP contribution in [0.15, 0.2) is 54.6 Å². The summed E-state index contributed by atoms with van der Waals surface area (Å²) in [6.45, 7) is 7.64. The van der Waals surface area contributed by atoms with Gasteiger partial charge in [0.05, 0.1) is 23.7 Å². The third-order valence-corrected chi connectivity index (χ3v) is 5.25. The Labute approximate surface area is 199 Å². The molecule has 1 atom stereocenters. The van der Waals surface area contributed by atoms with Crippen LogP contribution in [0.2, 0.25) is 0 Å². The van der Waals surface area contributed by atoms with Gasteiger partial charge in [0.15, 0.2) is 0 Å². The third-order valence-electron chi connectivity index (χ3n) is 5.25. The number of nitrogens with zero attached hydrogens (tertiary/aromatic N) is 3. The molecule has 3 aromatic rings. The van der Waals surface area contributed by atoms with Crippen molar-refractivity contribution in [3.63, 3.8) is 0 Å². The fraction of sp³-hybridized carbons (Fsp3) is 0.308. The van der Waals surface area contributed by atoms with Crippen molar-refractivity contribution in [2.45, 2.75) is 40.3 Å². The highest BCUT2D eigenvalue weighted by Crippen LogP contribution is 2.20. The molecular formula is C26H28N4O4. The molecule has 0 bridgehead atoms. The minimum Gasteiger partial charge on any atom is -0.494 e. The second kappa shape index (κ2) is 11.1. The molecule has 176 valence electrons. The first-order chi connectivity index (χ1) is 16.3. The predicted molar refractivity (Wildman–Crippen MR) is 127 cm³/mol. The number of benzene rings is 2. The Bertz CT molecular complexity index is 1180. The Balaban J connectivity index is 1.75. The number of amides is 1. The Morgan fingerprint density at radius 2 is 1.79 bits per heavy atom. The summed E-state index contributed by atoms with van der Waals surface area (Å²) in [5.41, 5.74) is 2.53. The number of aromatic nitrogens is 2. The van der Waals surface area contributed by atoms with Crippen LogP contribution in [0.3, 0.4) is 0 Å². The van der Waals surface area contributed by atoms with E-state index in [1.54, 1.807) is 35.9 Å². The number of carbonyl (C=O) groups is 2. The zero-order chi connectivity index (χ0) is 24.7. The number of nitriles is 1. The summed E-state index contributed by atoms with van der Waals surface area (Å²) in [5, 5.41) is 16.8. The van der Waals surface area contributed by atoms with Gasteiger partial charge in [-0.3, -0.25) is 4.79 Å². The van der Waals surface area contributed by atoms with Gasteiger partial charge in [0.1, 0.15) is 30.0 Å². The van der Waals surface area contributed by atoms with E-state index < -0.39 is 12.0 Å². The van der Waals surface area contributed by atoms with Crippen molar-refractivity contribution in [1.82, 2.24) is 15.1 Å². The molecule has 8 heteroatoms. The minimum absolute atomic E-state index is 0.153. The van der Waals surface area contributed by atoms with Crippen LogP contribution in [0.1, 0.15) is 48.1 Å². The maximum absolute atomic E-state index is 12.9. The number of hydrogen-bond acceptors (Lipinski definition) is 6. The fourth-order valence-electron chi connectivity index (χ4n) is 3.46. The molecule has 0 unspecified atom stereocenters. The van der Waals surface area contributed by atoms with E-state index in [1.165, 1.54) is 0 Å². The molecule has 0 aliphatic rings. The summed E-state index contributed by atoms with van der Waals surface area (Å²) >= 11 is 0. The van der Waals surface area contributed by atoms with Crippen molar-refractivity contribution in [2.75, 3.05) is 6.61 Å². The average molecular weight is 461 g/mol. The first-order valence-corrected chi connectivity index (χ1v) is 11.1. The highest BCUT2D eigenvalue weighted by atomic mass is 16.5. The highest BCUT2D eigenvalue weighted by Gasteiger charge is 2.27. The molecule has 0 saturated carbocycles. The minimum atomic E-state index is -0.862. The van der Waals surface area contributed by atoms with Gasteiger partial charge in [-0.25, -0.2) is 9.48 Å². The van der Waals surface area contributed by atoms with Crippen LogP contribution in [0.25, 0.3) is 5.69 Å². The zero-order valence-corrected chi connectivity index (χ0v) is 19.7. The van der Waals surface area contributed by atoms with Gasteiger partial charge in [-0.1, -0.05) is 32.0 Å². The molecule has 1 N–H and O–H groups in total. The molecule has 1 amide bonds. The summed E-state index contributed by atoms with van der Waals surface area (Å²) in [5.74, 6) is -0.522. The summed E-state index contributed by atoms with van der Waals surface area (Å²) in [7, 11) is 0. The second-order valence-corrected chi connectivity index (χ2v) is 8.03. The standard InChI is InChI=1S/C26H28N4O4/c1-5-33-21-13-11-19(12-14-21)25(31)28-24(17(2)3)26(32)34-16-23-22(15-27)18(4)29-30(23)20-9-7-6-8-10-20/h6-14,17,24H,5,16H2,1-4H3,(H,28,31)/t24-/m0/s1. The maximum Gasteiger partial charge on any atom is 0.329 e. The predicted octanol–water partition coefficient (Wildman–Crippen LogP) is 3.95. The van der Waals surface area contributed by atoms with Gasteiger partial charge in [-0.2, -0.15) is 10.4 Å². The van der Waals surface area contributed by atoms with Gasteiger partial charge in [-0.15, -0.1) is 0 Å². The molecule has 2 aromatic carbocycles. The molecule has 0 aliphatic heterocycles. The first kappa shape index (κ1) is 24.5. The van der Waals surface area contributed by atoms with Crippen molar-refractivity contribution in [1.29, 1.82) is 5.26 Å². The van der Waals surface area contributed by atoms with E-state index >= 15 is 0 Å². The molecule has 1 heterocycles. The average Bonchev–Trinajstić information content (AvgIpc) is 3.16. The van der Waals surface area contributed by atoms with Crippen LogP contribution in [-0.4, -0.2) is 34.3 Å². The maximum atomic E-state index is 12.9. The normalized spacial score (nSPS) is 11.5. The Morgan fingerprint density at radius 1 is 1.12 bits per heavy atom. The number of ether oxygens (including phenoxy) is 2. The smallest absolute Gasteiger partial charge is 0.329 e. The summed E-state index contributed by atoms with van der Waals surface area (Å²) in [6, 6.07) is 17.3. The number of carbonyl (C=O) groups excluding carboxylic acids is 2. The van der Waals surface area contributed by atoms with Crippen LogP contribution in [0.4, 0.5) is 0 Å². The lowest BCUT2D eigenvalue weighted by molar-refractivity contribution is -0.148. The Hall–Kier alpha value is -4.12. The summed E-state index contributed by atoms with van der Waals surface area (Å²) in [6.07, 6.45) is 0. The molecule has 0 fully saturated rings. The Kier molecular flexibility index (Phi) is 8.04. The van der Waals surface area contributed by atoms with Gasteiger partial charge in [0.25, 0.3) is 5.91 Å². The summed E-state index contributed by atoms with van der Waals surface area (Å²) in [4.78, 5) is 25.7. The molecular weight excluding hydrogens is 432 g/mol. The lowest BCUT2D eigenvalue weighted by Gasteiger charge is -2.21. The molecule has 3 rings (SSSR count). The van der Waals surface area contributed by atoms with Crippen molar-refractivity contribution in [3.05, 3.63) is 77.1 Å². The van der Waals surface area contributed by atoms with E-state index in [4.69, 9.17) is 9.47 Å². The van der Waals surface area contributed by atoms with E-state index in [9.17, 15) is 14.9 Å². The molecule has 1 aromatic heterocycles. The van der Waals surface area contributed by atoms with Crippen molar-refractivity contribution >= 4 is 11.9 Å². The van der Waals surface area contributed by atoms with Crippen LogP contribution < -0.4 is 10.1 Å². The van der Waals surface area contributed by atoms with Gasteiger partial charge >= 0.3 is 5.97 Å². The number of rotatable bonds is 9. The molecule has 0 spiro atoms. The van der Waals surface area contributed by atoms with Gasteiger partial charge in [0.2, 0.25) is 0 Å². The highest BCUT2D eigenvalue weighted by molar-refractivity contribution is 5.96. The molecule has 0 radical (unpaired) electrons. The summed E-state index contributed by atoms with van der Waals surface area (Å²) < 4.78 is 12.6. The Morgan fingerprint density at radius 3 is 2.38 bits per heavy atom. The SMILES string of the molecule is CCOc1ccc(C(=O)N[C@H](C(=O)OCc2c(C#N)c(C)nn2-c2ccccc2)C(C)C)cc1. The van der Waals surface area contributed by atoms with Crippen molar-refractivity contribution < 1.29 is 19.1 Å². The van der Waals surface area contributed by atoms with E-state index in [1.807, 2.05) is 51.1 Å². The first-order valence-electron chi connectivity index (χ1n) is 11.1. The van der Waals surface area contributed by atoms with Crippen LogP contribution in [0, 0.1) is 24.2 Å². The number of hydrogen-bond donors (Lipinski definition) is 1. The van der Waals surface area contributed by atoms with Crippen LogP contribution in [-0.2, 0) is 16.1 Å². The third kappa shape index (κ3) is 5.62. The fourth-order valence-corrected chi connectivity index (χ4v) is 3.46. The molecule has 0 saturated heterocycles. The number of aryl methyl sites for hydroxylation is 1. The van der Waals surface area contributed by atoms with Crippen molar-refractivity contribution in [3.8, 4) is 17.5 Å². The molecule has 0 aliphatic carbocycles. The van der Waals surface area contributed by atoms with Gasteiger partial charge in [-0.05, 0) is 56.2 Å². The zero-order valence-electron chi connectivity index (χ0n) is 19.7. The van der Waals surface area contributed by atoms with E-state index in [-0.39, 0.29) is 18.4 Å². The lowest BCUT2D eigenvalue weighted by atomic mass is 10.0. The number of esters is 1. The van der Waals surface area contributed by atoms with Crippen LogP contribution >= 0.6 is 0 Å². The largest absolute Gasteiger partial charge is 0.494 e. The number of nitrogens with one attached hydrogen (secondary N) is 1. The van der Waals surface area contributed by atoms with E-state index in [2.05, 4.69) is 16.5 Å². The van der Waals surface area contributed by atoms with Crippen LogP contribution in [0.5, 0.6) is 5.75 Å². The number of para-hydroxylation sites is 1. The van der Waals surface area contributed by atoms with Gasteiger partial charge in [0, 0.05) is 5.56 Å². The quantitative estimate of drug-likeness (QED) is 0.485. The molecule has 34 heavy (non-hydrogen) atoms. The second-order valence-electron chi connectivity index (χ2n) is 8.03. The lowest BCUT2D eigenvalue weighted by Crippen LogP contribution is -2.45. The molecule has 8 nitrogen and oxygen atoms in total. The van der Waals surface area contributed by atoms with E-state index in [0.717, 1.165) is 5.69 Å². The van der Waals surface area contributed by atoms with Gasteiger partial charge < -0.3 is 14.8 Å². The van der Waals surface area contributed by atoms with Crippen molar-refractivity contribution in [2.24, 2.45) is 5.92 Å². The monoisotopic (exact) mass is 460 g/mol.